The van der Waals surface area contributed by atoms with E-state index in [0.717, 1.165) is 23.1 Å². The Kier molecular flexibility index (Phi) is 7.71. The van der Waals surface area contributed by atoms with Crippen molar-refractivity contribution in [1.29, 1.82) is 0 Å². The van der Waals surface area contributed by atoms with Crippen LogP contribution in [0.2, 0.25) is 0 Å². The van der Waals surface area contributed by atoms with E-state index in [2.05, 4.69) is 10.3 Å². The molecule has 0 aliphatic heterocycles. The number of hydrogen-bond donors (Lipinski definition) is 3. The molecule has 174 valence electrons. The van der Waals surface area contributed by atoms with Gasteiger partial charge in [-0.15, -0.1) is 0 Å². The van der Waals surface area contributed by atoms with E-state index in [1.165, 1.54) is 4.57 Å². The van der Waals surface area contributed by atoms with Crippen molar-refractivity contribution >= 4 is 17.4 Å². The molecule has 2 aromatic carbocycles. The second-order valence-corrected chi connectivity index (χ2v) is 8.02. The summed E-state index contributed by atoms with van der Waals surface area (Å²) in [6, 6.07) is 17.2. The van der Waals surface area contributed by atoms with Gasteiger partial charge < -0.3 is 16.0 Å². The fraction of sp³-hybridized carbons (Fsp3) is 0.320. The molecule has 1 aromatic heterocycles. The Morgan fingerprint density at radius 2 is 1.76 bits per heavy atom. The van der Waals surface area contributed by atoms with Gasteiger partial charge in [0.1, 0.15) is 11.5 Å². The number of hydrogen-bond acceptors (Lipinski definition) is 5. The molecule has 0 fully saturated rings. The number of aromatic amines is 1. The van der Waals surface area contributed by atoms with E-state index >= 15 is 0 Å². The minimum atomic E-state index is -0.609. The molecule has 1 heterocycles. The van der Waals surface area contributed by atoms with Crippen molar-refractivity contribution in [2.45, 2.75) is 39.8 Å². The second kappa shape index (κ2) is 10.7. The minimum absolute atomic E-state index is 0.0350. The number of rotatable bonds is 9. The standard InChI is InChI=1S/C25H31N5O3/c1-4-20(19-13-11-17(3)12-14-19)27-21(31)16-29(5-2)22-23(26)30(25(33)28-24(22)32)15-18-9-7-6-8-10-18/h6-14,20H,4-5,15-16,26H2,1-3H3,(H,27,31)(H,28,32,33)/t20-/m0/s1. The molecule has 3 aromatic rings. The number of amides is 1. The molecule has 0 spiro atoms. The van der Waals surface area contributed by atoms with Gasteiger partial charge in [0.2, 0.25) is 5.91 Å². The number of aromatic nitrogens is 2. The predicted octanol–water partition coefficient (Wildman–Crippen LogP) is 2.57. The van der Waals surface area contributed by atoms with E-state index in [1.807, 2.05) is 75.4 Å². The second-order valence-electron chi connectivity index (χ2n) is 8.02. The van der Waals surface area contributed by atoms with Crippen LogP contribution in [0.1, 0.15) is 43.0 Å². The zero-order valence-electron chi connectivity index (χ0n) is 19.3. The van der Waals surface area contributed by atoms with Crippen LogP contribution in [-0.2, 0) is 11.3 Å². The molecular formula is C25H31N5O3. The summed E-state index contributed by atoms with van der Waals surface area (Å²) >= 11 is 0. The number of nitrogens with two attached hydrogens (primary N) is 1. The molecule has 8 nitrogen and oxygen atoms in total. The Morgan fingerprint density at radius 3 is 2.36 bits per heavy atom. The number of H-pyrrole nitrogens is 1. The third-order valence-corrected chi connectivity index (χ3v) is 5.65. The van der Waals surface area contributed by atoms with Gasteiger partial charge in [0.05, 0.1) is 19.1 Å². The van der Waals surface area contributed by atoms with Crippen LogP contribution < -0.4 is 27.2 Å². The maximum Gasteiger partial charge on any atom is 0.330 e. The Bertz CT molecular complexity index is 1200. The zero-order valence-corrected chi connectivity index (χ0v) is 19.3. The lowest BCUT2D eigenvalue weighted by Crippen LogP contribution is -2.43. The van der Waals surface area contributed by atoms with Gasteiger partial charge in [0, 0.05) is 6.54 Å². The van der Waals surface area contributed by atoms with Crippen LogP contribution >= 0.6 is 0 Å². The first-order chi connectivity index (χ1) is 15.8. The normalized spacial score (nSPS) is 11.7. The van der Waals surface area contributed by atoms with E-state index in [1.54, 1.807) is 4.90 Å². The van der Waals surface area contributed by atoms with Crippen LogP contribution in [0.25, 0.3) is 0 Å². The molecule has 3 rings (SSSR count). The van der Waals surface area contributed by atoms with Gasteiger partial charge in [-0.3, -0.25) is 19.1 Å². The summed E-state index contributed by atoms with van der Waals surface area (Å²) in [4.78, 5) is 41.9. The Balaban J connectivity index is 1.84. The van der Waals surface area contributed by atoms with Crippen LogP contribution in [-0.4, -0.2) is 28.5 Å². The van der Waals surface area contributed by atoms with Gasteiger partial charge >= 0.3 is 5.69 Å². The van der Waals surface area contributed by atoms with Crippen molar-refractivity contribution < 1.29 is 4.79 Å². The van der Waals surface area contributed by atoms with Crippen LogP contribution in [0.4, 0.5) is 11.5 Å². The van der Waals surface area contributed by atoms with Gasteiger partial charge in [-0.1, -0.05) is 67.1 Å². The summed E-state index contributed by atoms with van der Waals surface area (Å²) in [5, 5.41) is 3.04. The number of anilines is 2. The van der Waals surface area contributed by atoms with Gasteiger partial charge in [-0.25, -0.2) is 4.79 Å². The number of likely N-dealkylation sites (N-methyl/N-ethyl adjacent to an activating group) is 1. The van der Waals surface area contributed by atoms with Crippen molar-refractivity contribution in [2.24, 2.45) is 0 Å². The lowest BCUT2D eigenvalue weighted by atomic mass is 10.0. The topological polar surface area (TPSA) is 113 Å². The molecule has 33 heavy (non-hydrogen) atoms. The fourth-order valence-electron chi connectivity index (χ4n) is 3.79. The van der Waals surface area contributed by atoms with Gasteiger partial charge in [0.25, 0.3) is 5.56 Å². The van der Waals surface area contributed by atoms with E-state index in [-0.39, 0.29) is 36.5 Å². The summed E-state index contributed by atoms with van der Waals surface area (Å²) in [7, 11) is 0. The summed E-state index contributed by atoms with van der Waals surface area (Å²) in [5.41, 5.74) is 8.25. The van der Waals surface area contributed by atoms with Crippen molar-refractivity contribution in [3.05, 3.63) is 92.1 Å². The highest BCUT2D eigenvalue weighted by atomic mass is 16.2. The molecule has 0 unspecified atom stereocenters. The molecular weight excluding hydrogens is 418 g/mol. The maximum absolute atomic E-state index is 12.9. The number of nitrogens with one attached hydrogen (secondary N) is 2. The summed E-state index contributed by atoms with van der Waals surface area (Å²) in [5.74, 6) is -0.197. The molecule has 4 N–H and O–H groups in total. The van der Waals surface area contributed by atoms with E-state index in [0.29, 0.717) is 6.54 Å². The first kappa shape index (κ1) is 23.8. The van der Waals surface area contributed by atoms with Gasteiger partial charge in [0.15, 0.2) is 0 Å². The first-order valence-electron chi connectivity index (χ1n) is 11.1. The largest absolute Gasteiger partial charge is 0.383 e. The highest BCUT2D eigenvalue weighted by Gasteiger charge is 2.21. The maximum atomic E-state index is 12.9. The zero-order chi connectivity index (χ0) is 24.0. The Labute approximate surface area is 193 Å². The van der Waals surface area contributed by atoms with Crippen LogP contribution in [0.5, 0.6) is 0 Å². The van der Waals surface area contributed by atoms with Crippen molar-refractivity contribution in [1.82, 2.24) is 14.9 Å². The monoisotopic (exact) mass is 449 g/mol. The van der Waals surface area contributed by atoms with Crippen molar-refractivity contribution in [3.8, 4) is 0 Å². The predicted molar refractivity (Wildman–Crippen MR) is 132 cm³/mol. The number of aryl methyl sites for hydroxylation is 1. The van der Waals surface area contributed by atoms with Crippen molar-refractivity contribution in [3.63, 3.8) is 0 Å². The highest BCUT2D eigenvalue weighted by molar-refractivity contribution is 5.82. The summed E-state index contributed by atoms with van der Waals surface area (Å²) in [6.07, 6.45) is 0.728. The summed E-state index contributed by atoms with van der Waals surface area (Å²) < 4.78 is 1.31. The number of nitrogens with zero attached hydrogens (tertiary/aromatic N) is 2. The lowest BCUT2D eigenvalue weighted by molar-refractivity contribution is -0.120. The quantitative estimate of drug-likeness (QED) is 0.465. The SMILES string of the molecule is CC[C@H](NC(=O)CN(CC)c1c(N)n(Cc2ccccc2)c(=O)[nH]c1=O)c1ccc(C)cc1. The molecule has 1 amide bonds. The van der Waals surface area contributed by atoms with E-state index in [9.17, 15) is 14.4 Å². The first-order valence-corrected chi connectivity index (χ1v) is 11.1. The Morgan fingerprint density at radius 1 is 1.09 bits per heavy atom. The molecule has 0 aliphatic carbocycles. The molecule has 0 radical (unpaired) electrons. The average Bonchev–Trinajstić information content (AvgIpc) is 2.80. The molecule has 1 atom stereocenters. The smallest absolute Gasteiger partial charge is 0.330 e. The van der Waals surface area contributed by atoms with E-state index < -0.39 is 11.2 Å². The number of nitrogen functional groups attached to an aromatic ring is 1. The molecule has 0 aliphatic rings. The average molecular weight is 450 g/mol. The number of carbonyl (C=O) groups is 1. The number of benzene rings is 2. The van der Waals surface area contributed by atoms with Crippen molar-refractivity contribution in [2.75, 3.05) is 23.7 Å². The number of carbonyl (C=O) groups excluding carboxylic acids is 1. The van der Waals surface area contributed by atoms with Crippen LogP contribution in [0.3, 0.4) is 0 Å². The fourth-order valence-corrected chi connectivity index (χ4v) is 3.79. The van der Waals surface area contributed by atoms with Gasteiger partial charge in [-0.2, -0.15) is 0 Å². The molecule has 0 bridgehead atoms. The molecule has 0 saturated carbocycles. The summed E-state index contributed by atoms with van der Waals surface area (Å²) in [6.45, 7) is 6.37. The minimum Gasteiger partial charge on any atom is -0.383 e. The molecule has 8 heteroatoms. The van der Waals surface area contributed by atoms with Crippen LogP contribution in [0.15, 0.2) is 64.2 Å². The Hall–Kier alpha value is -3.81. The lowest BCUT2D eigenvalue weighted by Gasteiger charge is -2.26. The molecule has 0 saturated heterocycles. The van der Waals surface area contributed by atoms with Gasteiger partial charge in [-0.05, 0) is 31.4 Å². The third kappa shape index (κ3) is 5.71. The van der Waals surface area contributed by atoms with E-state index in [4.69, 9.17) is 5.73 Å². The third-order valence-electron chi connectivity index (χ3n) is 5.65. The van der Waals surface area contributed by atoms with Crippen LogP contribution in [0, 0.1) is 6.92 Å². The highest BCUT2D eigenvalue weighted by Crippen LogP contribution is 2.19.